The van der Waals surface area contributed by atoms with Crippen molar-refractivity contribution >= 4 is 12.2 Å². The lowest BCUT2D eigenvalue weighted by Gasteiger charge is -2.22. The van der Waals surface area contributed by atoms with Crippen molar-refractivity contribution in [2.45, 2.75) is 13.8 Å². The first-order chi connectivity index (χ1) is 5.69. The number of nitrogens with zero attached hydrogens (tertiary/aromatic N) is 1. The number of hydrogen-bond acceptors (Lipinski definition) is 3. The van der Waals surface area contributed by atoms with Gasteiger partial charge in [-0.3, -0.25) is 9.79 Å². The fourth-order valence-corrected chi connectivity index (χ4v) is 1.04. The second-order valence-corrected chi connectivity index (χ2v) is 2.99. The molecule has 0 aromatic heterocycles. The molecule has 1 aliphatic rings. The van der Waals surface area contributed by atoms with Crippen LogP contribution < -0.4 is 0 Å². The first-order valence-electron chi connectivity index (χ1n) is 4.04. The molecule has 3 nitrogen and oxygen atoms in total. The van der Waals surface area contributed by atoms with Gasteiger partial charge < -0.3 is 4.74 Å². The van der Waals surface area contributed by atoms with Crippen LogP contribution in [0.15, 0.2) is 17.1 Å². The summed E-state index contributed by atoms with van der Waals surface area (Å²) in [5, 5.41) is 0. The van der Waals surface area contributed by atoms with E-state index in [2.05, 4.69) is 4.99 Å². The Labute approximate surface area is 72.1 Å². The zero-order chi connectivity index (χ0) is 9.03. The minimum Gasteiger partial charge on any atom is -0.465 e. The molecule has 66 valence electrons. The third-order valence-corrected chi connectivity index (χ3v) is 1.82. The van der Waals surface area contributed by atoms with Gasteiger partial charge in [0, 0.05) is 6.21 Å². The normalized spacial score (nSPS) is 27.2. The molecule has 0 unspecified atom stereocenters. The smallest absolute Gasteiger partial charge is 0.317 e. The lowest BCUT2D eigenvalue weighted by atomic mass is 9.89. The number of rotatable bonds is 2. The molecule has 1 heterocycles. The number of esters is 1. The Kier molecular flexibility index (Phi) is 2.63. The maximum atomic E-state index is 11.4. The Balaban J connectivity index is 2.65. The summed E-state index contributed by atoms with van der Waals surface area (Å²) in [5.74, 6) is -0.196. The van der Waals surface area contributed by atoms with E-state index >= 15 is 0 Å². The predicted molar refractivity (Wildman–Crippen MR) is 47.2 cm³/mol. The highest BCUT2D eigenvalue weighted by molar-refractivity contribution is 5.83. The molecule has 0 bridgehead atoms. The average molecular weight is 167 g/mol. The van der Waals surface area contributed by atoms with Crippen LogP contribution >= 0.6 is 0 Å². The molecule has 12 heavy (non-hydrogen) atoms. The number of hydrogen-bond donors (Lipinski definition) is 0. The van der Waals surface area contributed by atoms with Gasteiger partial charge in [0.2, 0.25) is 0 Å². The van der Waals surface area contributed by atoms with E-state index in [9.17, 15) is 4.79 Å². The van der Waals surface area contributed by atoms with E-state index in [1.807, 2.05) is 13.0 Å². The van der Waals surface area contributed by atoms with Crippen LogP contribution in [-0.2, 0) is 9.53 Å². The maximum Gasteiger partial charge on any atom is 0.317 e. The standard InChI is InChI=1S/C9H13NO2/c1-3-12-8(11)9(2)5-4-6-10-7-9/h4-6H,3,7H2,1-2H3/t9-/m0/s1. The average Bonchev–Trinajstić information content (AvgIpc) is 2.06. The fraction of sp³-hybridized carbons (Fsp3) is 0.556. The highest BCUT2D eigenvalue weighted by Gasteiger charge is 2.32. The maximum absolute atomic E-state index is 11.4. The highest BCUT2D eigenvalue weighted by Crippen LogP contribution is 2.22. The van der Waals surface area contributed by atoms with Gasteiger partial charge in [-0.25, -0.2) is 0 Å². The molecule has 0 aromatic rings. The van der Waals surface area contributed by atoms with Crippen molar-refractivity contribution in [3.63, 3.8) is 0 Å². The molecular formula is C9H13NO2. The molecule has 3 heteroatoms. The van der Waals surface area contributed by atoms with Gasteiger partial charge in [-0.05, 0) is 19.9 Å². The number of allylic oxidation sites excluding steroid dienone is 1. The highest BCUT2D eigenvalue weighted by atomic mass is 16.5. The molecule has 0 saturated carbocycles. The van der Waals surface area contributed by atoms with Crippen LogP contribution in [0.25, 0.3) is 0 Å². The van der Waals surface area contributed by atoms with Crippen molar-refractivity contribution < 1.29 is 9.53 Å². The van der Waals surface area contributed by atoms with Crippen molar-refractivity contribution in [1.82, 2.24) is 0 Å². The number of dihydropyridines is 1. The minimum atomic E-state index is -0.551. The third-order valence-electron chi connectivity index (χ3n) is 1.82. The van der Waals surface area contributed by atoms with Gasteiger partial charge in [-0.2, -0.15) is 0 Å². The summed E-state index contributed by atoms with van der Waals surface area (Å²) in [7, 11) is 0. The molecule has 0 spiro atoms. The summed E-state index contributed by atoms with van der Waals surface area (Å²) >= 11 is 0. The largest absolute Gasteiger partial charge is 0.465 e. The third kappa shape index (κ3) is 1.72. The van der Waals surface area contributed by atoms with Gasteiger partial charge in [-0.1, -0.05) is 6.08 Å². The van der Waals surface area contributed by atoms with Crippen molar-refractivity contribution in [3.05, 3.63) is 12.2 Å². The molecule has 0 N–H and O–H groups in total. The number of aliphatic imine (C=N–C) groups is 1. The van der Waals surface area contributed by atoms with E-state index in [1.54, 1.807) is 19.2 Å². The summed E-state index contributed by atoms with van der Waals surface area (Å²) in [5.41, 5.74) is -0.551. The molecule has 0 radical (unpaired) electrons. The quantitative estimate of drug-likeness (QED) is 0.579. The second kappa shape index (κ2) is 3.52. The Morgan fingerprint density at radius 2 is 2.50 bits per heavy atom. The van der Waals surface area contributed by atoms with E-state index < -0.39 is 5.41 Å². The van der Waals surface area contributed by atoms with Crippen molar-refractivity contribution in [2.24, 2.45) is 10.4 Å². The monoisotopic (exact) mass is 167 g/mol. The van der Waals surface area contributed by atoms with Gasteiger partial charge in [-0.15, -0.1) is 0 Å². The topological polar surface area (TPSA) is 38.7 Å². The van der Waals surface area contributed by atoms with Crippen LogP contribution in [0.3, 0.4) is 0 Å². The van der Waals surface area contributed by atoms with Gasteiger partial charge >= 0.3 is 5.97 Å². The molecule has 0 aliphatic carbocycles. The van der Waals surface area contributed by atoms with Crippen LogP contribution in [-0.4, -0.2) is 25.3 Å². The molecule has 0 amide bonds. The van der Waals surface area contributed by atoms with Crippen molar-refractivity contribution in [1.29, 1.82) is 0 Å². The zero-order valence-electron chi connectivity index (χ0n) is 7.41. The summed E-state index contributed by atoms with van der Waals surface area (Å²) in [4.78, 5) is 15.4. The van der Waals surface area contributed by atoms with Gasteiger partial charge in [0.1, 0.15) is 5.41 Å². The lowest BCUT2D eigenvalue weighted by Crippen LogP contribution is -2.32. The molecule has 1 atom stereocenters. The summed E-state index contributed by atoms with van der Waals surface area (Å²) in [6.45, 7) is 4.55. The Bertz CT molecular complexity index is 233. The van der Waals surface area contributed by atoms with Crippen LogP contribution in [0.2, 0.25) is 0 Å². The number of carbonyl (C=O) groups is 1. The van der Waals surface area contributed by atoms with Crippen LogP contribution in [0.4, 0.5) is 0 Å². The van der Waals surface area contributed by atoms with E-state index in [0.717, 1.165) is 0 Å². The summed E-state index contributed by atoms with van der Waals surface area (Å²) < 4.78 is 4.92. The molecule has 1 rings (SSSR count). The van der Waals surface area contributed by atoms with Crippen LogP contribution in [0.1, 0.15) is 13.8 Å². The Morgan fingerprint density at radius 1 is 1.75 bits per heavy atom. The Morgan fingerprint density at radius 3 is 3.00 bits per heavy atom. The van der Waals surface area contributed by atoms with E-state index in [0.29, 0.717) is 13.2 Å². The first-order valence-corrected chi connectivity index (χ1v) is 4.04. The van der Waals surface area contributed by atoms with E-state index in [-0.39, 0.29) is 5.97 Å². The second-order valence-electron chi connectivity index (χ2n) is 2.99. The summed E-state index contributed by atoms with van der Waals surface area (Å²) in [6, 6.07) is 0. The first kappa shape index (κ1) is 8.97. The molecule has 0 saturated heterocycles. The number of ether oxygens (including phenoxy) is 1. The predicted octanol–water partition coefficient (Wildman–Crippen LogP) is 1.20. The van der Waals surface area contributed by atoms with Gasteiger partial charge in [0.25, 0.3) is 0 Å². The lowest BCUT2D eigenvalue weighted by molar-refractivity contribution is -0.151. The fourth-order valence-electron chi connectivity index (χ4n) is 1.04. The van der Waals surface area contributed by atoms with E-state index in [4.69, 9.17) is 4.74 Å². The van der Waals surface area contributed by atoms with Crippen LogP contribution in [0, 0.1) is 5.41 Å². The molecule has 0 aromatic carbocycles. The SMILES string of the molecule is CCOC(=O)[C@@]1(C)C=CC=NC1. The molecule has 1 aliphatic heterocycles. The van der Waals surface area contributed by atoms with E-state index in [1.165, 1.54) is 0 Å². The van der Waals surface area contributed by atoms with Gasteiger partial charge in [0.05, 0.1) is 13.2 Å². The number of carbonyl (C=O) groups excluding carboxylic acids is 1. The van der Waals surface area contributed by atoms with Gasteiger partial charge in [0.15, 0.2) is 0 Å². The zero-order valence-corrected chi connectivity index (χ0v) is 7.41. The molecule has 0 fully saturated rings. The molecular weight excluding hydrogens is 154 g/mol. The van der Waals surface area contributed by atoms with Crippen LogP contribution in [0.5, 0.6) is 0 Å². The summed E-state index contributed by atoms with van der Waals surface area (Å²) in [6.07, 6.45) is 5.30. The van der Waals surface area contributed by atoms with Crippen molar-refractivity contribution in [3.8, 4) is 0 Å². The Hall–Kier alpha value is -1.12. The van der Waals surface area contributed by atoms with Crippen molar-refractivity contribution in [2.75, 3.05) is 13.2 Å². The minimum absolute atomic E-state index is 0.196.